The Bertz CT molecular complexity index is 1530. The van der Waals surface area contributed by atoms with E-state index in [2.05, 4.69) is 15.9 Å². The third-order valence-corrected chi connectivity index (χ3v) is 5.71. The predicted octanol–water partition coefficient (Wildman–Crippen LogP) is 2.94. The quantitative estimate of drug-likeness (QED) is 0.284. The van der Waals surface area contributed by atoms with Crippen molar-refractivity contribution in [2.75, 3.05) is 11.4 Å². The topological polar surface area (TPSA) is 153 Å². The number of nitrogens with zero attached hydrogens (tertiary/aromatic N) is 2. The van der Waals surface area contributed by atoms with Gasteiger partial charge in [-0.3, -0.25) is 14.4 Å². The van der Waals surface area contributed by atoms with Crippen LogP contribution in [0.2, 0.25) is 0 Å². The summed E-state index contributed by atoms with van der Waals surface area (Å²) in [4.78, 5) is 55.4. The van der Waals surface area contributed by atoms with E-state index in [0.717, 1.165) is 12.1 Å². The number of terminal acetylenes is 1. The molecule has 3 aromatic rings. The van der Waals surface area contributed by atoms with E-state index in [9.17, 15) is 37.5 Å². The van der Waals surface area contributed by atoms with Crippen molar-refractivity contribution in [1.82, 2.24) is 15.3 Å². The third-order valence-electron chi connectivity index (χ3n) is 5.71. The van der Waals surface area contributed by atoms with E-state index < -0.39 is 54.0 Å². The number of benzene rings is 2. The number of carboxylic acids is 2. The lowest BCUT2D eigenvalue weighted by molar-refractivity contribution is -0.140. The number of hydrogen-bond donors (Lipinski definition) is 4. The summed E-state index contributed by atoms with van der Waals surface area (Å²) in [7, 11) is 0. The fourth-order valence-corrected chi connectivity index (χ4v) is 3.89. The predicted molar refractivity (Wildman–Crippen MR) is 134 cm³/mol. The second-order valence-electron chi connectivity index (χ2n) is 8.59. The minimum absolute atomic E-state index is 0.0204. The van der Waals surface area contributed by atoms with Crippen LogP contribution in [-0.4, -0.2) is 50.6 Å². The van der Waals surface area contributed by atoms with Crippen LogP contribution in [-0.2, 0) is 22.3 Å². The molecule has 13 heteroatoms. The van der Waals surface area contributed by atoms with E-state index in [1.54, 1.807) is 25.1 Å². The van der Waals surface area contributed by atoms with E-state index >= 15 is 0 Å². The highest BCUT2D eigenvalue weighted by molar-refractivity contribution is 5.98. The number of alkyl halides is 3. The van der Waals surface area contributed by atoms with E-state index in [0.29, 0.717) is 16.9 Å². The molecule has 4 N–H and O–H groups in total. The zero-order valence-electron chi connectivity index (χ0n) is 20.5. The Morgan fingerprint density at radius 1 is 1.18 bits per heavy atom. The van der Waals surface area contributed by atoms with Crippen LogP contribution in [0.25, 0.3) is 10.9 Å². The Kier molecular flexibility index (Phi) is 8.60. The first-order valence-corrected chi connectivity index (χ1v) is 11.4. The number of hydrogen-bond acceptors (Lipinski definition) is 6. The van der Waals surface area contributed by atoms with Gasteiger partial charge in [-0.1, -0.05) is 12.0 Å². The Morgan fingerprint density at radius 2 is 1.90 bits per heavy atom. The number of nitrogens with one attached hydrogen (secondary N) is 2. The molecule has 204 valence electrons. The molecule has 0 aliphatic carbocycles. The smallest absolute Gasteiger partial charge is 0.417 e. The third kappa shape index (κ3) is 7.13. The van der Waals surface area contributed by atoms with Crippen molar-refractivity contribution in [1.29, 1.82) is 0 Å². The molecule has 0 saturated carbocycles. The summed E-state index contributed by atoms with van der Waals surface area (Å²) in [6, 6.07) is 5.96. The molecular weight excluding hydrogens is 521 g/mol. The molecule has 2 aromatic carbocycles. The molecule has 0 spiro atoms. The van der Waals surface area contributed by atoms with Crippen LogP contribution in [0.3, 0.4) is 0 Å². The number of carbonyl (C=O) groups excluding carboxylic acids is 1. The van der Waals surface area contributed by atoms with Gasteiger partial charge in [0, 0.05) is 18.7 Å². The molecule has 0 unspecified atom stereocenters. The van der Waals surface area contributed by atoms with Gasteiger partial charge in [-0.2, -0.15) is 13.2 Å². The van der Waals surface area contributed by atoms with E-state index in [4.69, 9.17) is 11.5 Å². The molecule has 0 saturated heterocycles. The Balaban J connectivity index is 1.96. The summed E-state index contributed by atoms with van der Waals surface area (Å²) >= 11 is 0. The number of aryl methyl sites for hydroxylation is 1. The van der Waals surface area contributed by atoms with Gasteiger partial charge in [-0.25, -0.2) is 9.78 Å². The van der Waals surface area contributed by atoms with Gasteiger partial charge in [-0.15, -0.1) is 6.42 Å². The zero-order valence-corrected chi connectivity index (χ0v) is 20.5. The van der Waals surface area contributed by atoms with Crippen LogP contribution in [0, 0.1) is 19.3 Å². The highest BCUT2D eigenvalue weighted by Crippen LogP contribution is 2.35. The van der Waals surface area contributed by atoms with Crippen molar-refractivity contribution >= 4 is 34.4 Å². The molecule has 3 rings (SSSR count). The first-order valence-electron chi connectivity index (χ1n) is 11.4. The van der Waals surface area contributed by atoms with Gasteiger partial charge in [-0.05, 0) is 49.2 Å². The van der Waals surface area contributed by atoms with Crippen LogP contribution in [0.15, 0.2) is 41.2 Å². The highest BCUT2D eigenvalue weighted by atomic mass is 19.4. The van der Waals surface area contributed by atoms with Gasteiger partial charge in [0.2, 0.25) is 0 Å². The number of anilines is 1. The number of halogens is 3. The summed E-state index contributed by atoms with van der Waals surface area (Å²) in [6.45, 7) is 1.54. The van der Waals surface area contributed by atoms with Gasteiger partial charge in [0.05, 0.1) is 28.6 Å². The first-order chi connectivity index (χ1) is 18.3. The number of fused-ring (bicyclic) bond motifs is 1. The summed E-state index contributed by atoms with van der Waals surface area (Å²) in [6.07, 6.45) is -0.680. The van der Waals surface area contributed by atoms with Crippen molar-refractivity contribution in [3.05, 3.63) is 69.3 Å². The van der Waals surface area contributed by atoms with Crippen LogP contribution in [0.4, 0.5) is 18.9 Å². The van der Waals surface area contributed by atoms with E-state index in [1.807, 2.05) is 5.32 Å². The molecule has 10 nitrogen and oxygen atoms in total. The maximum Gasteiger partial charge on any atom is 0.417 e. The number of aromatic nitrogens is 2. The second kappa shape index (κ2) is 11.7. The average Bonchev–Trinajstić information content (AvgIpc) is 2.85. The molecule has 1 amide bonds. The monoisotopic (exact) mass is 544 g/mol. The molecule has 39 heavy (non-hydrogen) atoms. The summed E-state index contributed by atoms with van der Waals surface area (Å²) in [5.41, 5.74) is -1.52. The minimum atomic E-state index is -5.00. The van der Waals surface area contributed by atoms with Crippen molar-refractivity contribution in [3.63, 3.8) is 0 Å². The van der Waals surface area contributed by atoms with Gasteiger partial charge in [0.1, 0.15) is 11.9 Å². The fraction of sp³-hybridized carbons (Fsp3) is 0.269. The summed E-state index contributed by atoms with van der Waals surface area (Å²) in [5.74, 6) is -1.45. The average molecular weight is 544 g/mol. The van der Waals surface area contributed by atoms with Gasteiger partial charge < -0.3 is 25.4 Å². The van der Waals surface area contributed by atoms with Crippen LogP contribution < -0.4 is 15.8 Å². The number of carboxylic acid groups (broad SMARTS) is 2. The van der Waals surface area contributed by atoms with Crippen LogP contribution in [0.5, 0.6) is 0 Å². The lowest BCUT2D eigenvalue weighted by Gasteiger charge is -2.25. The van der Waals surface area contributed by atoms with Crippen molar-refractivity contribution < 1.29 is 37.8 Å². The van der Waals surface area contributed by atoms with Crippen molar-refractivity contribution in [3.8, 4) is 12.3 Å². The van der Waals surface area contributed by atoms with E-state index in [-0.39, 0.29) is 29.7 Å². The lowest BCUT2D eigenvalue weighted by atomic mass is 10.0. The van der Waals surface area contributed by atoms with Gasteiger partial charge in [0.15, 0.2) is 0 Å². The zero-order chi connectivity index (χ0) is 28.9. The number of aliphatic carboxylic acids is 2. The minimum Gasteiger partial charge on any atom is -0.481 e. The fourth-order valence-electron chi connectivity index (χ4n) is 3.89. The summed E-state index contributed by atoms with van der Waals surface area (Å²) in [5, 5.41) is 20.2. The van der Waals surface area contributed by atoms with Gasteiger partial charge >= 0.3 is 18.1 Å². The molecular formula is C26H23F3N4O6. The van der Waals surface area contributed by atoms with Crippen LogP contribution in [0.1, 0.15) is 40.2 Å². The molecule has 0 aliphatic rings. The number of H-pyrrole nitrogens is 1. The standard InChI is InChI=1S/C26H23F3N4O6/c1-3-10-33(13-15-4-7-20-18(11-15)24(37)31-14(2)30-20)16-5-6-17(19(12-16)26(27,28)29)23(36)32-21(25(38)39)8-9-22(34)35/h1,4-7,11-12,21H,8-10,13H2,2H3,(H,32,36)(H,34,35)(H,38,39)(H,30,31,37)/t21-/m0/s1. The van der Waals surface area contributed by atoms with Crippen molar-refractivity contribution in [2.24, 2.45) is 0 Å². The Hall–Kier alpha value is -4.86. The molecule has 1 atom stereocenters. The normalized spacial score (nSPS) is 12.0. The molecule has 0 bridgehead atoms. The number of aromatic amines is 1. The number of rotatable bonds is 10. The molecule has 0 fully saturated rings. The maximum atomic E-state index is 14.0. The largest absolute Gasteiger partial charge is 0.481 e. The highest BCUT2D eigenvalue weighted by Gasteiger charge is 2.36. The molecule has 1 heterocycles. The first kappa shape index (κ1) is 28.7. The number of carbonyl (C=O) groups is 3. The molecule has 0 aliphatic heterocycles. The Morgan fingerprint density at radius 3 is 2.51 bits per heavy atom. The maximum absolute atomic E-state index is 14.0. The molecule has 1 aromatic heterocycles. The SMILES string of the molecule is C#CCN(Cc1ccc2nc(C)[nH]c(=O)c2c1)c1ccc(C(=O)N[C@@H](CCC(=O)O)C(=O)O)c(C(F)(F)F)c1. The second-order valence-corrected chi connectivity index (χ2v) is 8.59. The Labute approximate surface area is 219 Å². The van der Waals surface area contributed by atoms with Crippen LogP contribution >= 0.6 is 0 Å². The van der Waals surface area contributed by atoms with E-state index in [1.165, 1.54) is 11.0 Å². The van der Waals surface area contributed by atoms with Gasteiger partial charge in [0.25, 0.3) is 11.5 Å². The number of amides is 1. The van der Waals surface area contributed by atoms with Crippen molar-refractivity contribution in [2.45, 2.75) is 38.5 Å². The lowest BCUT2D eigenvalue weighted by Crippen LogP contribution is -2.41. The molecule has 0 radical (unpaired) electrons. The summed E-state index contributed by atoms with van der Waals surface area (Å²) < 4.78 is 42.0.